The molecule has 0 heterocycles. The standard InChI is InChI=1S/C18H21ClN2O3S/c1-3-4-10-17(15-12-16(19)13(2)11-18(15)22)20-21-25(23,24)14-8-6-5-7-9-14/h5-9,11-12,21-22H,3-4,10H2,1-2H3. The highest BCUT2D eigenvalue weighted by Crippen LogP contribution is 2.27. The maximum Gasteiger partial charge on any atom is 0.276 e. The van der Waals surface area contributed by atoms with Crippen molar-refractivity contribution in [1.29, 1.82) is 0 Å². The summed E-state index contributed by atoms with van der Waals surface area (Å²) in [5.41, 5.74) is 1.61. The third kappa shape index (κ3) is 4.96. The Kier molecular flexibility index (Phi) is 6.45. The molecule has 0 aliphatic carbocycles. The lowest BCUT2D eigenvalue weighted by molar-refractivity contribution is 0.473. The van der Waals surface area contributed by atoms with Crippen LogP contribution in [0.5, 0.6) is 5.75 Å². The van der Waals surface area contributed by atoms with Crippen LogP contribution in [0.1, 0.15) is 37.3 Å². The van der Waals surface area contributed by atoms with Crippen LogP contribution < -0.4 is 4.83 Å². The van der Waals surface area contributed by atoms with Gasteiger partial charge in [-0.15, -0.1) is 0 Å². The van der Waals surface area contributed by atoms with Gasteiger partial charge in [-0.25, -0.2) is 0 Å². The molecule has 0 spiro atoms. The largest absolute Gasteiger partial charge is 0.507 e. The number of hydrogen-bond acceptors (Lipinski definition) is 4. The van der Waals surface area contributed by atoms with Gasteiger partial charge in [0, 0.05) is 10.6 Å². The highest BCUT2D eigenvalue weighted by molar-refractivity contribution is 7.89. The molecule has 0 amide bonds. The number of aromatic hydroxyl groups is 1. The predicted molar refractivity (Wildman–Crippen MR) is 101 cm³/mol. The van der Waals surface area contributed by atoms with E-state index in [0.717, 1.165) is 18.4 Å². The van der Waals surface area contributed by atoms with Crippen molar-refractivity contribution in [2.75, 3.05) is 0 Å². The Bertz CT molecular complexity index is 865. The summed E-state index contributed by atoms with van der Waals surface area (Å²) in [4.78, 5) is 2.37. The van der Waals surface area contributed by atoms with E-state index < -0.39 is 10.0 Å². The number of hydrazone groups is 1. The Morgan fingerprint density at radius 1 is 1.24 bits per heavy atom. The quantitative estimate of drug-likeness (QED) is 0.557. The van der Waals surface area contributed by atoms with E-state index in [0.29, 0.717) is 22.7 Å². The van der Waals surface area contributed by atoms with E-state index in [9.17, 15) is 13.5 Å². The van der Waals surface area contributed by atoms with E-state index in [-0.39, 0.29) is 10.6 Å². The molecule has 0 fully saturated rings. The zero-order chi connectivity index (χ0) is 18.4. The smallest absolute Gasteiger partial charge is 0.276 e. The van der Waals surface area contributed by atoms with Gasteiger partial charge in [0.15, 0.2) is 0 Å². The normalized spacial score (nSPS) is 12.2. The fraction of sp³-hybridized carbons (Fsp3) is 0.278. The van der Waals surface area contributed by atoms with Crippen LogP contribution in [0.4, 0.5) is 0 Å². The zero-order valence-electron chi connectivity index (χ0n) is 14.2. The maximum absolute atomic E-state index is 12.3. The molecule has 7 heteroatoms. The van der Waals surface area contributed by atoms with Gasteiger partial charge in [-0.05, 0) is 49.6 Å². The molecule has 0 bridgehead atoms. The number of nitrogens with one attached hydrogen (secondary N) is 1. The fourth-order valence-corrected chi connectivity index (χ4v) is 3.27. The molecule has 2 N–H and O–H groups in total. The molecule has 0 atom stereocenters. The van der Waals surface area contributed by atoms with Gasteiger partial charge < -0.3 is 5.11 Å². The van der Waals surface area contributed by atoms with Crippen molar-refractivity contribution in [3.8, 4) is 5.75 Å². The summed E-state index contributed by atoms with van der Waals surface area (Å²) in [6.07, 6.45) is 2.22. The lowest BCUT2D eigenvalue weighted by atomic mass is 10.0. The molecule has 2 aromatic rings. The second kappa shape index (κ2) is 8.36. The molecular formula is C18H21ClN2O3S. The van der Waals surface area contributed by atoms with Crippen molar-refractivity contribution in [1.82, 2.24) is 4.83 Å². The van der Waals surface area contributed by atoms with E-state index in [2.05, 4.69) is 9.93 Å². The van der Waals surface area contributed by atoms with Gasteiger partial charge in [-0.3, -0.25) is 0 Å². The first-order valence-electron chi connectivity index (χ1n) is 7.98. The lowest BCUT2D eigenvalue weighted by Gasteiger charge is -2.11. The van der Waals surface area contributed by atoms with E-state index in [1.165, 1.54) is 12.1 Å². The second-order valence-electron chi connectivity index (χ2n) is 5.69. The Morgan fingerprint density at radius 2 is 1.92 bits per heavy atom. The van der Waals surface area contributed by atoms with Gasteiger partial charge in [-0.2, -0.15) is 18.4 Å². The molecule has 0 aromatic heterocycles. The molecule has 2 rings (SSSR count). The average Bonchev–Trinajstić information content (AvgIpc) is 2.59. The minimum Gasteiger partial charge on any atom is -0.507 e. The van der Waals surface area contributed by atoms with Crippen LogP contribution in [0.15, 0.2) is 52.5 Å². The molecule has 0 radical (unpaired) electrons. The van der Waals surface area contributed by atoms with E-state index in [1.54, 1.807) is 37.3 Å². The summed E-state index contributed by atoms with van der Waals surface area (Å²) < 4.78 is 24.7. The summed E-state index contributed by atoms with van der Waals surface area (Å²) >= 11 is 6.15. The van der Waals surface area contributed by atoms with Gasteiger partial charge in [0.05, 0.1) is 10.6 Å². The number of rotatable bonds is 7. The van der Waals surface area contributed by atoms with Crippen LogP contribution in [0.3, 0.4) is 0 Å². The van der Waals surface area contributed by atoms with Crippen molar-refractivity contribution >= 4 is 27.3 Å². The Morgan fingerprint density at radius 3 is 2.56 bits per heavy atom. The Labute approximate surface area is 153 Å². The molecule has 0 unspecified atom stereocenters. The molecule has 0 aliphatic rings. The maximum atomic E-state index is 12.3. The first-order chi connectivity index (χ1) is 11.8. The molecule has 25 heavy (non-hydrogen) atoms. The summed E-state index contributed by atoms with van der Waals surface area (Å²) in [5.74, 6) is 0.0238. The number of sulfonamides is 1. The van der Waals surface area contributed by atoms with Gasteiger partial charge in [0.25, 0.3) is 10.0 Å². The van der Waals surface area contributed by atoms with Crippen LogP contribution in [-0.4, -0.2) is 19.2 Å². The average molecular weight is 381 g/mol. The van der Waals surface area contributed by atoms with Crippen LogP contribution in [0.2, 0.25) is 5.02 Å². The lowest BCUT2D eigenvalue weighted by Crippen LogP contribution is -2.20. The van der Waals surface area contributed by atoms with Crippen molar-refractivity contribution in [2.45, 2.75) is 38.0 Å². The van der Waals surface area contributed by atoms with Crippen molar-refractivity contribution < 1.29 is 13.5 Å². The van der Waals surface area contributed by atoms with Gasteiger partial charge in [0.1, 0.15) is 5.75 Å². The molecule has 0 saturated carbocycles. The molecule has 2 aromatic carbocycles. The number of nitrogens with zero attached hydrogens (tertiary/aromatic N) is 1. The number of halogens is 1. The number of phenolic OH excluding ortho intramolecular Hbond substituents is 1. The first kappa shape index (κ1) is 19.3. The number of aryl methyl sites for hydroxylation is 1. The number of hydrogen-bond donors (Lipinski definition) is 2. The van der Waals surface area contributed by atoms with E-state index in [4.69, 9.17) is 11.6 Å². The van der Waals surface area contributed by atoms with Gasteiger partial charge in [0.2, 0.25) is 0 Å². The SMILES string of the molecule is CCCCC(=NNS(=O)(=O)c1ccccc1)c1cc(Cl)c(C)cc1O. The van der Waals surface area contributed by atoms with Crippen molar-refractivity contribution in [2.24, 2.45) is 5.10 Å². The number of benzene rings is 2. The molecule has 0 saturated heterocycles. The highest BCUT2D eigenvalue weighted by Gasteiger charge is 2.15. The molecular weight excluding hydrogens is 360 g/mol. The van der Waals surface area contributed by atoms with Crippen LogP contribution in [0.25, 0.3) is 0 Å². The van der Waals surface area contributed by atoms with Gasteiger partial charge in [-0.1, -0.05) is 43.1 Å². The minimum absolute atomic E-state index is 0.0238. The first-order valence-corrected chi connectivity index (χ1v) is 9.84. The third-order valence-electron chi connectivity index (χ3n) is 3.71. The van der Waals surface area contributed by atoms with Gasteiger partial charge >= 0.3 is 0 Å². The van der Waals surface area contributed by atoms with Crippen LogP contribution in [0, 0.1) is 6.92 Å². The third-order valence-corrected chi connectivity index (χ3v) is 5.34. The molecule has 134 valence electrons. The monoisotopic (exact) mass is 380 g/mol. The molecule has 5 nitrogen and oxygen atoms in total. The summed E-state index contributed by atoms with van der Waals surface area (Å²) in [5, 5.41) is 14.8. The summed E-state index contributed by atoms with van der Waals surface area (Å²) in [7, 11) is -3.77. The molecule has 0 aliphatic heterocycles. The summed E-state index contributed by atoms with van der Waals surface area (Å²) in [6.45, 7) is 3.81. The van der Waals surface area contributed by atoms with Crippen molar-refractivity contribution in [3.63, 3.8) is 0 Å². The topological polar surface area (TPSA) is 78.8 Å². The van der Waals surface area contributed by atoms with Crippen LogP contribution >= 0.6 is 11.6 Å². The Balaban J connectivity index is 2.38. The minimum atomic E-state index is -3.77. The highest BCUT2D eigenvalue weighted by atomic mass is 35.5. The van der Waals surface area contributed by atoms with Crippen molar-refractivity contribution in [3.05, 3.63) is 58.6 Å². The van der Waals surface area contributed by atoms with Crippen LogP contribution in [-0.2, 0) is 10.0 Å². The predicted octanol–water partition coefficient (Wildman–Crippen LogP) is 4.23. The second-order valence-corrected chi connectivity index (χ2v) is 7.76. The Hall–Kier alpha value is -2.05. The summed E-state index contributed by atoms with van der Waals surface area (Å²) in [6, 6.07) is 11.2. The number of unbranched alkanes of at least 4 members (excludes halogenated alkanes) is 1. The fourth-order valence-electron chi connectivity index (χ4n) is 2.26. The number of phenols is 1. The van der Waals surface area contributed by atoms with E-state index >= 15 is 0 Å². The zero-order valence-corrected chi connectivity index (χ0v) is 15.7. The van der Waals surface area contributed by atoms with E-state index in [1.807, 2.05) is 6.92 Å².